The van der Waals surface area contributed by atoms with Crippen molar-refractivity contribution in [1.29, 1.82) is 0 Å². The van der Waals surface area contributed by atoms with Gasteiger partial charge in [0.1, 0.15) is 34.6 Å². The molecule has 42 heavy (non-hydrogen) atoms. The Morgan fingerprint density at radius 1 is 0.929 bits per heavy atom. The summed E-state index contributed by atoms with van der Waals surface area (Å²) >= 11 is 1.37. The van der Waals surface area contributed by atoms with Gasteiger partial charge in [0.25, 0.3) is 0 Å². The zero-order valence-corrected chi connectivity index (χ0v) is 23.5. The van der Waals surface area contributed by atoms with Crippen molar-refractivity contribution < 1.29 is 42.0 Å². The van der Waals surface area contributed by atoms with E-state index in [0.29, 0.717) is 27.8 Å². The third-order valence-corrected chi connectivity index (χ3v) is 7.69. The summed E-state index contributed by atoms with van der Waals surface area (Å²) in [5.74, 6) is 0.409. The average Bonchev–Trinajstić information content (AvgIpc) is 3.62. The Morgan fingerprint density at radius 3 is 2.21 bits per heavy atom. The number of hydrogen-bond acceptors (Lipinski definition) is 7. The zero-order chi connectivity index (χ0) is 29.7. The van der Waals surface area contributed by atoms with E-state index in [1.165, 1.54) is 36.3 Å². The Morgan fingerprint density at radius 2 is 1.57 bits per heavy atom. The predicted octanol–water partition coefficient (Wildman–Crippen LogP) is 8.05. The SMILES string of the molecule is Cc1cc(OCc2nc(-c3ccc(OC4CCCC4)cc3)c(-c3ccc(OC(F)(F)F)cc3)s2)ccc1OCC(=O)O. The Kier molecular flexibility index (Phi) is 8.86. The van der Waals surface area contributed by atoms with E-state index in [0.717, 1.165) is 34.6 Å². The molecule has 1 N–H and O–H groups in total. The van der Waals surface area contributed by atoms with Crippen LogP contribution in [0.2, 0.25) is 0 Å². The summed E-state index contributed by atoms with van der Waals surface area (Å²) in [6.07, 6.45) is -0.105. The van der Waals surface area contributed by atoms with Crippen LogP contribution in [-0.2, 0) is 11.4 Å². The number of alkyl halides is 3. The highest BCUT2D eigenvalue weighted by Gasteiger charge is 2.31. The monoisotopic (exact) mass is 599 g/mol. The van der Waals surface area contributed by atoms with E-state index in [1.54, 1.807) is 37.3 Å². The van der Waals surface area contributed by atoms with Crippen molar-refractivity contribution >= 4 is 17.3 Å². The quantitative estimate of drug-likeness (QED) is 0.187. The highest BCUT2D eigenvalue weighted by Crippen LogP contribution is 2.39. The molecule has 0 saturated heterocycles. The number of nitrogens with zero attached hydrogens (tertiary/aromatic N) is 1. The van der Waals surface area contributed by atoms with Crippen molar-refractivity contribution in [3.05, 3.63) is 77.3 Å². The molecule has 1 aromatic heterocycles. The maximum atomic E-state index is 12.7. The van der Waals surface area contributed by atoms with Crippen LogP contribution in [0.1, 0.15) is 36.3 Å². The normalized spacial score (nSPS) is 13.6. The number of rotatable bonds is 11. The molecule has 0 unspecified atom stereocenters. The lowest BCUT2D eigenvalue weighted by molar-refractivity contribution is -0.274. The van der Waals surface area contributed by atoms with Crippen LogP contribution in [-0.4, -0.2) is 35.1 Å². The molecule has 7 nitrogen and oxygen atoms in total. The van der Waals surface area contributed by atoms with Gasteiger partial charge in [-0.1, -0.05) is 0 Å². The molecule has 1 aliphatic carbocycles. The largest absolute Gasteiger partial charge is 0.573 e. The van der Waals surface area contributed by atoms with Gasteiger partial charge >= 0.3 is 12.3 Å². The van der Waals surface area contributed by atoms with Crippen molar-refractivity contribution in [2.75, 3.05) is 6.61 Å². The van der Waals surface area contributed by atoms with Gasteiger partial charge in [0.2, 0.25) is 0 Å². The number of halogens is 3. The van der Waals surface area contributed by atoms with E-state index in [2.05, 4.69) is 4.74 Å². The van der Waals surface area contributed by atoms with Crippen LogP contribution in [0.25, 0.3) is 21.7 Å². The van der Waals surface area contributed by atoms with Crippen LogP contribution in [0.5, 0.6) is 23.0 Å². The first-order valence-corrected chi connectivity index (χ1v) is 14.2. The van der Waals surface area contributed by atoms with Crippen LogP contribution in [0, 0.1) is 6.92 Å². The molecule has 0 aliphatic heterocycles. The van der Waals surface area contributed by atoms with Gasteiger partial charge in [0, 0.05) is 5.56 Å². The number of aliphatic carboxylic acids is 1. The van der Waals surface area contributed by atoms with E-state index in [1.807, 2.05) is 24.3 Å². The number of carbonyl (C=O) groups is 1. The van der Waals surface area contributed by atoms with E-state index in [-0.39, 0.29) is 18.5 Å². The van der Waals surface area contributed by atoms with Gasteiger partial charge in [-0.2, -0.15) is 0 Å². The molecule has 1 heterocycles. The number of carboxylic acid groups (broad SMARTS) is 1. The number of aryl methyl sites for hydroxylation is 1. The first-order chi connectivity index (χ1) is 20.1. The number of thiazole rings is 1. The van der Waals surface area contributed by atoms with E-state index in [4.69, 9.17) is 24.3 Å². The highest BCUT2D eigenvalue weighted by molar-refractivity contribution is 7.15. The summed E-state index contributed by atoms with van der Waals surface area (Å²) in [5.41, 5.74) is 2.91. The van der Waals surface area contributed by atoms with Crippen LogP contribution in [0.15, 0.2) is 66.7 Å². The molecule has 0 bridgehead atoms. The maximum absolute atomic E-state index is 12.7. The summed E-state index contributed by atoms with van der Waals surface area (Å²) in [6.45, 7) is 1.49. The van der Waals surface area contributed by atoms with Crippen molar-refractivity contribution in [3.8, 4) is 44.7 Å². The minimum absolute atomic E-state index is 0.143. The highest BCUT2D eigenvalue weighted by atomic mass is 32.1. The minimum Gasteiger partial charge on any atom is -0.490 e. The van der Waals surface area contributed by atoms with Gasteiger partial charge in [-0.05, 0) is 110 Å². The van der Waals surface area contributed by atoms with Gasteiger partial charge in [-0.25, -0.2) is 9.78 Å². The number of hydrogen-bond donors (Lipinski definition) is 1. The molecule has 0 radical (unpaired) electrons. The topological polar surface area (TPSA) is 87.1 Å². The third-order valence-electron chi connectivity index (χ3n) is 6.61. The molecule has 1 aliphatic rings. The zero-order valence-electron chi connectivity index (χ0n) is 22.6. The fourth-order valence-electron chi connectivity index (χ4n) is 4.67. The molecular weight excluding hydrogens is 571 g/mol. The lowest BCUT2D eigenvalue weighted by atomic mass is 10.1. The second-order valence-electron chi connectivity index (χ2n) is 9.80. The number of carboxylic acids is 1. The van der Waals surface area contributed by atoms with Crippen molar-refractivity contribution in [2.24, 2.45) is 0 Å². The molecule has 5 rings (SSSR count). The van der Waals surface area contributed by atoms with Crippen LogP contribution >= 0.6 is 11.3 Å². The predicted molar refractivity (Wildman–Crippen MR) is 151 cm³/mol. The minimum atomic E-state index is -4.77. The lowest BCUT2D eigenvalue weighted by Crippen LogP contribution is -2.16. The average molecular weight is 600 g/mol. The van der Waals surface area contributed by atoms with E-state index in [9.17, 15) is 18.0 Å². The van der Waals surface area contributed by atoms with Gasteiger partial charge in [0.05, 0.1) is 16.7 Å². The van der Waals surface area contributed by atoms with Crippen molar-refractivity contribution in [2.45, 2.75) is 51.7 Å². The lowest BCUT2D eigenvalue weighted by Gasteiger charge is -2.13. The van der Waals surface area contributed by atoms with Crippen LogP contribution in [0.4, 0.5) is 13.2 Å². The fraction of sp³-hybridized carbons (Fsp3) is 0.290. The molecule has 0 amide bonds. The molecule has 220 valence electrons. The smallest absolute Gasteiger partial charge is 0.490 e. The number of aromatic nitrogens is 1. The summed E-state index contributed by atoms with van der Waals surface area (Å²) in [4.78, 5) is 16.4. The van der Waals surface area contributed by atoms with E-state index < -0.39 is 18.9 Å². The first-order valence-electron chi connectivity index (χ1n) is 13.3. The Balaban J connectivity index is 1.38. The molecular formula is C31H28F3NO6S. The maximum Gasteiger partial charge on any atom is 0.573 e. The second-order valence-corrected chi connectivity index (χ2v) is 10.9. The molecule has 1 fully saturated rings. The summed E-state index contributed by atoms with van der Waals surface area (Å²) in [5, 5.41) is 9.49. The van der Waals surface area contributed by atoms with Crippen LogP contribution in [0.3, 0.4) is 0 Å². The summed E-state index contributed by atoms with van der Waals surface area (Å²) in [7, 11) is 0. The molecule has 3 aromatic carbocycles. The molecule has 0 spiro atoms. The Labute approximate surface area is 244 Å². The molecule has 0 atom stereocenters. The van der Waals surface area contributed by atoms with Gasteiger partial charge in [-0.3, -0.25) is 0 Å². The molecule has 4 aromatic rings. The van der Waals surface area contributed by atoms with Gasteiger partial charge in [0.15, 0.2) is 6.61 Å². The van der Waals surface area contributed by atoms with Crippen LogP contribution < -0.4 is 18.9 Å². The first kappa shape index (κ1) is 29.2. The summed E-state index contributed by atoms with van der Waals surface area (Å²) < 4.78 is 59.4. The van der Waals surface area contributed by atoms with Gasteiger partial charge in [-0.15, -0.1) is 24.5 Å². The number of benzene rings is 3. The molecule has 11 heteroatoms. The second kappa shape index (κ2) is 12.7. The third kappa shape index (κ3) is 7.73. The summed E-state index contributed by atoms with van der Waals surface area (Å²) in [6, 6.07) is 18.4. The molecule has 1 saturated carbocycles. The van der Waals surface area contributed by atoms with Crippen molar-refractivity contribution in [1.82, 2.24) is 4.98 Å². The number of ether oxygens (including phenoxy) is 4. The fourth-order valence-corrected chi connectivity index (χ4v) is 5.68. The van der Waals surface area contributed by atoms with Crippen molar-refractivity contribution in [3.63, 3.8) is 0 Å². The Bertz CT molecular complexity index is 1510. The standard InChI is InChI=1S/C31H28F3NO6S/c1-19-16-25(14-15-26(19)39-18-28(36)37)38-17-27-35-29(20-6-10-23(11-7-20)40-22-4-2-3-5-22)30(42-27)21-8-12-24(13-9-21)41-31(32,33)34/h6-16,22H,2-5,17-18H2,1H3,(H,36,37). The van der Waals surface area contributed by atoms with E-state index >= 15 is 0 Å². The van der Waals surface area contributed by atoms with Gasteiger partial charge < -0.3 is 24.1 Å². The Hall–Kier alpha value is -4.25.